The molecular formula is C23H22BrClFNO2. The fourth-order valence-corrected chi connectivity index (χ4v) is 3.56. The quantitative estimate of drug-likeness (QED) is 0.374. The van der Waals surface area contributed by atoms with Crippen molar-refractivity contribution in [2.75, 3.05) is 13.7 Å². The highest BCUT2D eigenvalue weighted by Crippen LogP contribution is 2.34. The lowest BCUT2D eigenvalue weighted by atomic mass is 10.1. The van der Waals surface area contributed by atoms with Crippen molar-refractivity contribution in [1.29, 1.82) is 0 Å². The molecule has 0 fully saturated rings. The Labute approximate surface area is 183 Å². The molecule has 3 nitrogen and oxygen atoms in total. The normalized spacial score (nSPS) is 10.8. The monoisotopic (exact) mass is 477 g/mol. The first kappa shape index (κ1) is 21.6. The molecule has 0 aromatic heterocycles. The van der Waals surface area contributed by atoms with Gasteiger partial charge in [0, 0.05) is 16.6 Å². The van der Waals surface area contributed by atoms with E-state index in [9.17, 15) is 4.39 Å². The van der Waals surface area contributed by atoms with Crippen molar-refractivity contribution < 1.29 is 13.9 Å². The minimum absolute atomic E-state index is 0.219. The summed E-state index contributed by atoms with van der Waals surface area (Å²) < 4.78 is 25.5. The van der Waals surface area contributed by atoms with Crippen LogP contribution in [0.5, 0.6) is 11.5 Å². The molecule has 0 saturated heterocycles. The van der Waals surface area contributed by atoms with Crippen LogP contribution >= 0.6 is 27.5 Å². The Kier molecular flexibility index (Phi) is 7.92. The van der Waals surface area contributed by atoms with Gasteiger partial charge >= 0.3 is 0 Å². The Balaban J connectivity index is 1.60. The molecule has 0 aliphatic carbocycles. The van der Waals surface area contributed by atoms with Crippen LogP contribution in [0.15, 0.2) is 65.1 Å². The van der Waals surface area contributed by atoms with Crippen LogP contribution in [0.1, 0.15) is 16.7 Å². The summed E-state index contributed by atoms with van der Waals surface area (Å²) in [5.74, 6) is 0.849. The number of halogens is 3. The van der Waals surface area contributed by atoms with Crippen LogP contribution < -0.4 is 14.8 Å². The maximum absolute atomic E-state index is 13.2. The van der Waals surface area contributed by atoms with Crippen LogP contribution in [0.3, 0.4) is 0 Å². The summed E-state index contributed by atoms with van der Waals surface area (Å²) in [4.78, 5) is 0. The molecule has 0 saturated carbocycles. The molecule has 0 atom stereocenters. The summed E-state index contributed by atoms with van der Waals surface area (Å²) in [5.41, 5.74) is 3.08. The van der Waals surface area contributed by atoms with E-state index >= 15 is 0 Å². The topological polar surface area (TPSA) is 30.5 Å². The molecule has 29 heavy (non-hydrogen) atoms. The molecular weight excluding hydrogens is 457 g/mol. The third kappa shape index (κ3) is 6.20. The van der Waals surface area contributed by atoms with Crippen molar-refractivity contribution in [1.82, 2.24) is 5.32 Å². The van der Waals surface area contributed by atoms with Crippen molar-refractivity contribution in [3.05, 3.63) is 92.7 Å². The van der Waals surface area contributed by atoms with Gasteiger partial charge in [-0.1, -0.05) is 63.9 Å². The van der Waals surface area contributed by atoms with Gasteiger partial charge < -0.3 is 14.8 Å². The predicted molar refractivity (Wildman–Crippen MR) is 118 cm³/mol. The smallest absolute Gasteiger partial charge is 0.162 e. The average Bonchev–Trinajstić information content (AvgIpc) is 2.72. The summed E-state index contributed by atoms with van der Waals surface area (Å²) >= 11 is 9.68. The number of methoxy groups -OCH3 is 1. The summed E-state index contributed by atoms with van der Waals surface area (Å²) in [6.45, 7) is 1.80. The number of rotatable bonds is 9. The molecule has 0 aliphatic rings. The molecule has 0 heterocycles. The summed E-state index contributed by atoms with van der Waals surface area (Å²) in [6.07, 6.45) is 0.967. The van der Waals surface area contributed by atoms with Crippen LogP contribution in [0.25, 0.3) is 0 Å². The largest absolute Gasteiger partial charge is 0.493 e. The lowest BCUT2D eigenvalue weighted by molar-refractivity contribution is 0.284. The number of ether oxygens (including phenoxy) is 2. The fraction of sp³-hybridized carbons (Fsp3) is 0.217. The molecule has 3 aromatic carbocycles. The van der Waals surface area contributed by atoms with Crippen molar-refractivity contribution in [3.8, 4) is 11.5 Å². The lowest BCUT2D eigenvalue weighted by Crippen LogP contribution is -2.17. The van der Waals surface area contributed by atoms with E-state index in [1.165, 1.54) is 17.7 Å². The van der Waals surface area contributed by atoms with Crippen LogP contribution in [-0.4, -0.2) is 13.7 Å². The molecule has 0 radical (unpaired) electrons. The average molecular weight is 479 g/mol. The van der Waals surface area contributed by atoms with Gasteiger partial charge in [0.1, 0.15) is 12.4 Å². The van der Waals surface area contributed by atoms with Gasteiger partial charge in [-0.2, -0.15) is 0 Å². The molecule has 152 valence electrons. The maximum atomic E-state index is 13.2. The Hall–Kier alpha value is -2.08. The van der Waals surface area contributed by atoms with E-state index < -0.39 is 0 Å². The molecule has 6 heteroatoms. The summed E-state index contributed by atoms with van der Waals surface area (Å²) in [7, 11) is 1.60. The molecule has 3 aromatic rings. The van der Waals surface area contributed by atoms with Crippen molar-refractivity contribution in [3.63, 3.8) is 0 Å². The zero-order valence-corrected chi connectivity index (χ0v) is 18.4. The van der Waals surface area contributed by atoms with Crippen molar-refractivity contribution in [2.24, 2.45) is 0 Å². The van der Waals surface area contributed by atoms with E-state index in [1.54, 1.807) is 13.2 Å². The van der Waals surface area contributed by atoms with E-state index in [2.05, 4.69) is 45.5 Å². The van der Waals surface area contributed by atoms with Gasteiger partial charge in [-0.25, -0.2) is 4.39 Å². The highest BCUT2D eigenvalue weighted by atomic mass is 79.9. The first-order valence-electron chi connectivity index (χ1n) is 9.24. The van der Waals surface area contributed by atoms with Gasteiger partial charge in [0.15, 0.2) is 11.5 Å². The molecule has 0 spiro atoms. The van der Waals surface area contributed by atoms with Crippen LogP contribution in [0, 0.1) is 5.82 Å². The van der Waals surface area contributed by atoms with Gasteiger partial charge in [0.2, 0.25) is 0 Å². The highest BCUT2D eigenvalue weighted by molar-refractivity contribution is 9.10. The summed E-state index contributed by atoms with van der Waals surface area (Å²) in [5, 5.41) is 3.79. The minimum Gasteiger partial charge on any atom is -0.493 e. The van der Waals surface area contributed by atoms with Crippen LogP contribution in [-0.2, 0) is 19.6 Å². The highest BCUT2D eigenvalue weighted by Gasteiger charge is 2.12. The van der Waals surface area contributed by atoms with E-state index in [0.717, 1.165) is 23.0 Å². The fourth-order valence-electron chi connectivity index (χ4n) is 2.88. The molecule has 0 unspecified atom stereocenters. The molecule has 0 aliphatic heterocycles. The van der Waals surface area contributed by atoms with Crippen LogP contribution in [0.4, 0.5) is 4.39 Å². The molecule has 1 N–H and O–H groups in total. The number of benzene rings is 3. The maximum Gasteiger partial charge on any atom is 0.162 e. The number of hydrogen-bond donors (Lipinski definition) is 1. The third-order valence-electron chi connectivity index (χ3n) is 4.48. The Bertz CT molecular complexity index is 953. The Morgan fingerprint density at radius 2 is 1.79 bits per heavy atom. The number of hydrogen-bond acceptors (Lipinski definition) is 3. The molecule has 0 bridgehead atoms. The second kappa shape index (κ2) is 10.6. The van der Waals surface area contributed by atoms with Gasteiger partial charge in [-0.3, -0.25) is 0 Å². The zero-order valence-electron chi connectivity index (χ0n) is 16.1. The second-order valence-electron chi connectivity index (χ2n) is 6.53. The van der Waals surface area contributed by atoms with Crippen molar-refractivity contribution in [2.45, 2.75) is 19.6 Å². The third-order valence-corrected chi connectivity index (χ3v) is 5.57. The molecule has 0 amide bonds. The first-order valence-corrected chi connectivity index (χ1v) is 10.4. The van der Waals surface area contributed by atoms with Gasteiger partial charge in [0.25, 0.3) is 0 Å². The Morgan fingerprint density at radius 1 is 1.00 bits per heavy atom. The minimum atomic E-state index is -0.372. The van der Waals surface area contributed by atoms with E-state index in [0.29, 0.717) is 28.6 Å². The van der Waals surface area contributed by atoms with E-state index in [-0.39, 0.29) is 12.4 Å². The SMILES string of the molecule is COc1cc(CNCCc2ccccc2)c(Br)cc1OCc1ccc(F)cc1Cl. The second-order valence-corrected chi connectivity index (χ2v) is 7.79. The molecule has 3 rings (SSSR count). The number of nitrogens with one attached hydrogen (secondary N) is 1. The van der Waals surface area contributed by atoms with Gasteiger partial charge in [-0.05, 0) is 48.4 Å². The van der Waals surface area contributed by atoms with Gasteiger partial charge in [0.05, 0.1) is 12.1 Å². The zero-order chi connectivity index (χ0) is 20.6. The van der Waals surface area contributed by atoms with E-state index in [4.69, 9.17) is 21.1 Å². The predicted octanol–water partition coefficient (Wildman–Crippen LogP) is 6.16. The first-order chi connectivity index (χ1) is 14.1. The van der Waals surface area contributed by atoms with Crippen LogP contribution in [0.2, 0.25) is 5.02 Å². The Morgan fingerprint density at radius 3 is 2.52 bits per heavy atom. The lowest BCUT2D eigenvalue weighted by Gasteiger charge is -2.15. The van der Waals surface area contributed by atoms with Crippen molar-refractivity contribution >= 4 is 27.5 Å². The van der Waals surface area contributed by atoms with E-state index in [1.807, 2.05) is 18.2 Å². The van der Waals surface area contributed by atoms with Gasteiger partial charge in [-0.15, -0.1) is 0 Å². The summed E-state index contributed by atoms with van der Waals surface area (Å²) in [6, 6.07) is 18.5. The standard InChI is InChI=1S/C23H22BrClFNO2/c1-28-22-11-18(14-27-10-9-16-5-3-2-4-6-16)20(24)13-23(22)29-15-17-7-8-19(26)12-21(17)25/h2-8,11-13,27H,9-10,14-15H2,1H3.